The Morgan fingerprint density at radius 1 is 1.19 bits per heavy atom. The van der Waals surface area contributed by atoms with E-state index in [0.717, 1.165) is 37.2 Å². The molecule has 2 heterocycles. The molecule has 2 aromatic carbocycles. The maximum Gasteiger partial charge on any atom is 0.260 e. The molecule has 1 fully saturated rings. The number of nitrogens with one attached hydrogen (secondary N) is 1. The van der Waals surface area contributed by atoms with Crippen LogP contribution in [0.1, 0.15) is 29.6 Å². The Morgan fingerprint density at radius 2 is 2.08 bits per heavy atom. The van der Waals surface area contributed by atoms with Crippen LogP contribution in [0.25, 0.3) is 0 Å². The molecule has 26 heavy (non-hydrogen) atoms. The number of hydrogen-bond donors (Lipinski definition) is 1. The summed E-state index contributed by atoms with van der Waals surface area (Å²) < 4.78 is 11.4. The van der Waals surface area contributed by atoms with E-state index in [1.807, 2.05) is 24.3 Å². The third-order valence-corrected chi connectivity index (χ3v) is 4.91. The predicted molar refractivity (Wildman–Crippen MR) is 102 cm³/mol. The van der Waals surface area contributed by atoms with E-state index in [-0.39, 0.29) is 12.2 Å². The van der Waals surface area contributed by atoms with Crippen molar-refractivity contribution in [3.63, 3.8) is 0 Å². The summed E-state index contributed by atoms with van der Waals surface area (Å²) in [5, 5.41) is 3.92. The van der Waals surface area contributed by atoms with E-state index in [0.29, 0.717) is 29.4 Å². The molecule has 2 aromatic rings. The highest BCUT2D eigenvalue weighted by Gasteiger charge is 2.27. The lowest BCUT2D eigenvalue weighted by molar-refractivity contribution is -0.160. The van der Waals surface area contributed by atoms with Gasteiger partial charge in [0.1, 0.15) is 0 Å². The number of rotatable bonds is 4. The number of fused-ring (bicyclic) bond motifs is 2. The molecule has 6 heteroatoms. The van der Waals surface area contributed by atoms with Crippen molar-refractivity contribution in [1.82, 2.24) is 0 Å². The fourth-order valence-corrected chi connectivity index (χ4v) is 3.53. The first-order valence-corrected chi connectivity index (χ1v) is 9.31. The van der Waals surface area contributed by atoms with Gasteiger partial charge < -0.3 is 19.7 Å². The van der Waals surface area contributed by atoms with Gasteiger partial charge in [-0.15, -0.1) is 0 Å². The van der Waals surface area contributed by atoms with Crippen LogP contribution in [0.15, 0.2) is 42.5 Å². The van der Waals surface area contributed by atoms with Crippen molar-refractivity contribution in [2.24, 2.45) is 0 Å². The summed E-state index contributed by atoms with van der Waals surface area (Å²) in [5.74, 6) is -0.0673. The number of nitrogens with zero attached hydrogens (tertiary/aromatic N) is 1. The summed E-state index contributed by atoms with van der Waals surface area (Å²) in [7, 11) is 0. The fraction of sp³-hybridized carbons (Fsp3) is 0.350. The van der Waals surface area contributed by atoms with E-state index in [4.69, 9.17) is 21.1 Å². The second-order valence-electron chi connectivity index (χ2n) is 6.46. The topological polar surface area (TPSA) is 50.8 Å². The minimum Gasteiger partial charge on any atom is -0.353 e. The third kappa shape index (κ3) is 3.56. The molecule has 1 N–H and O–H groups in total. The molecule has 0 aliphatic carbocycles. The molecule has 0 saturated carbocycles. The largest absolute Gasteiger partial charge is 0.353 e. The predicted octanol–water partition coefficient (Wildman–Crippen LogP) is 4.59. The Bertz CT molecular complexity index is 805. The Balaban J connectivity index is 1.57. The minimum absolute atomic E-state index is 0.0673. The summed E-state index contributed by atoms with van der Waals surface area (Å²) >= 11 is 6.11. The van der Waals surface area contributed by atoms with Crippen LogP contribution in [-0.2, 0) is 9.47 Å². The summed E-state index contributed by atoms with van der Waals surface area (Å²) in [6, 6.07) is 13.0. The highest BCUT2D eigenvalue weighted by atomic mass is 35.5. The number of carbonyl (C=O) groups is 1. The molecule has 0 radical (unpaired) electrons. The third-order valence-electron chi connectivity index (χ3n) is 4.68. The Labute approximate surface area is 157 Å². The van der Waals surface area contributed by atoms with E-state index >= 15 is 0 Å². The van der Waals surface area contributed by atoms with Crippen LogP contribution in [0, 0.1) is 0 Å². The Hall–Kier alpha value is -2.08. The maximum atomic E-state index is 13.1. The van der Waals surface area contributed by atoms with Gasteiger partial charge in [0.25, 0.3) is 5.91 Å². The van der Waals surface area contributed by atoms with E-state index in [9.17, 15) is 4.79 Å². The SMILES string of the molecule is O=C1c2ccc(Cl)cc2Nc2ccccc2N1CCOC1CCCCO1. The molecular weight excluding hydrogens is 352 g/mol. The Kier molecular flexibility index (Phi) is 5.11. The van der Waals surface area contributed by atoms with Crippen molar-refractivity contribution in [3.8, 4) is 0 Å². The molecule has 2 aliphatic heterocycles. The molecule has 0 bridgehead atoms. The van der Waals surface area contributed by atoms with Crippen molar-refractivity contribution in [2.45, 2.75) is 25.6 Å². The lowest BCUT2D eigenvalue weighted by Crippen LogP contribution is -2.35. The number of ether oxygens (including phenoxy) is 2. The molecular formula is C20H21ClN2O3. The normalized spacial score (nSPS) is 19.3. The van der Waals surface area contributed by atoms with Crippen LogP contribution in [0.3, 0.4) is 0 Å². The van der Waals surface area contributed by atoms with E-state index in [1.54, 1.807) is 23.1 Å². The number of para-hydroxylation sites is 2. The molecule has 1 saturated heterocycles. The second kappa shape index (κ2) is 7.66. The van der Waals surface area contributed by atoms with E-state index in [2.05, 4.69) is 5.32 Å². The lowest BCUT2D eigenvalue weighted by Gasteiger charge is -2.26. The van der Waals surface area contributed by atoms with Crippen LogP contribution >= 0.6 is 11.6 Å². The molecule has 4 rings (SSSR count). The van der Waals surface area contributed by atoms with Gasteiger partial charge in [-0.25, -0.2) is 0 Å². The molecule has 1 amide bonds. The quantitative estimate of drug-likeness (QED) is 0.853. The van der Waals surface area contributed by atoms with E-state index < -0.39 is 0 Å². The Morgan fingerprint density at radius 3 is 2.92 bits per heavy atom. The summed E-state index contributed by atoms with van der Waals surface area (Å²) in [6.07, 6.45) is 2.95. The van der Waals surface area contributed by atoms with Gasteiger partial charge in [-0.05, 0) is 49.6 Å². The number of hydrogen-bond acceptors (Lipinski definition) is 4. The number of halogens is 1. The van der Waals surface area contributed by atoms with Crippen LogP contribution in [0.4, 0.5) is 17.1 Å². The van der Waals surface area contributed by atoms with Crippen LogP contribution < -0.4 is 10.2 Å². The molecule has 1 unspecified atom stereocenters. The first kappa shape index (κ1) is 17.3. The van der Waals surface area contributed by atoms with Gasteiger partial charge in [-0.2, -0.15) is 0 Å². The second-order valence-corrected chi connectivity index (χ2v) is 6.89. The number of benzene rings is 2. The van der Waals surface area contributed by atoms with Crippen LogP contribution in [0.2, 0.25) is 5.02 Å². The minimum atomic E-state index is -0.162. The zero-order chi connectivity index (χ0) is 17.9. The van der Waals surface area contributed by atoms with E-state index in [1.165, 1.54) is 0 Å². The summed E-state index contributed by atoms with van der Waals surface area (Å²) in [5.41, 5.74) is 3.02. The summed E-state index contributed by atoms with van der Waals surface area (Å²) in [6.45, 7) is 1.63. The molecule has 136 valence electrons. The van der Waals surface area contributed by atoms with Crippen molar-refractivity contribution in [2.75, 3.05) is 30.0 Å². The molecule has 1 atom stereocenters. The lowest BCUT2D eigenvalue weighted by atomic mass is 10.1. The fourth-order valence-electron chi connectivity index (χ4n) is 3.36. The maximum absolute atomic E-state index is 13.1. The van der Waals surface area contributed by atoms with Gasteiger partial charge in [0, 0.05) is 18.2 Å². The zero-order valence-corrected chi connectivity index (χ0v) is 15.2. The van der Waals surface area contributed by atoms with Gasteiger partial charge in [0.05, 0.1) is 29.2 Å². The summed E-state index contributed by atoms with van der Waals surface area (Å²) in [4.78, 5) is 14.9. The number of amides is 1. The van der Waals surface area contributed by atoms with Crippen LogP contribution in [-0.4, -0.2) is 32.0 Å². The highest BCUT2D eigenvalue weighted by molar-refractivity contribution is 6.31. The van der Waals surface area contributed by atoms with Crippen molar-refractivity contribution < 1.29 is 14.3 Å². The van der Waals surface area contributed by atoms with Crippen molar-refractivity contribution in [3.05, 3.63) is 53.1 Å². The zero-order valence-electron chi connectivity index (χ0n) is 14.4. The highest BCUT2D eigenvalue weighted by Crippen LogP contribution is 2.36. The van der Waals surface area contributed by atoms with Gasteiger partial charge >= 0.3 is 0 Å². The first-order chi connectivity index (χ1) is 12.7. The van der Waals surface area contributed by atoms with Gasteiger partial charge in [0.2, 0.25) is 0 Å². The molecule has 0 aromatic heterocycles. The molecule has 5 nitrogen and oxygen atoms in total. The standard InChI is InChI=1S/C20H21ClN2O3/c21-14-8-9-15-17(13-14)22-16-5-1-2-6-18(16)23(20(15)24)10-12-26-19-7-3-4-11-25-19/h1-2,5-6,8-9,13,19,22H,3-4,7,10-12H2. The number of carbonyl (C=O) groups excluding carboxylic acids is 1. The average molecular weight is 373 g/mol. The molecule has 0 spiro atoms. The van der Waals surface area contributed by atoms with Gasteiger partial charge in [-0.1, -0.05) is 23.7 Å². The number of anilines is 3. The monoisotopic (exact) mass is 372 g/mol. The van der Waals surface area contributed by atoms with Gasteiger partial charge in [-0.3, -0.25) is 4.79 Å². The van der Waals surface area contributed by atoms with Crippen molar-refractivity contribution in [1.29, 1.82) is 0 Å². The van der Waals surface area contributed by atoms with Crippen molar-refractivity contribution >= 4 is 34.6 Å². The van der Waals surface area contributed by atoms with Crippen LogP contribution in [0.5, 0.6) is 0 Å². The average Bonchev–Trinajstić information content (AvgIpc) is 2.77. The van der Waals surface area contributed by atoms with Gasteiger partial charge in [0.15, 0.2) is 6.29 Å². The molecule has 2 aliphatic rings. The first-order valence-electron chi connectivity index (χ1n) is 8.93. The smallest absolute Gasteiger partial charge is 0.260 e.